The lowest BCUT2D eigenvalue weighted by Gasteiger charge is -2.20. The van der Waals surface area contributed by atoms with E-state index in [9.17, 15) is 19.8 Å². The Kier molecular flexibility index (Phi) is 6.50. The molecule has 0 saturated heterocycles. The van der Waals surface area contributed by atoms with Gasteiger partial charge in [0.1, 0.15) is 18.8 Å². The van der Waals surface area contributed by atoms with Crippen molar-refractivity contribution in [2.24, 2.45) is 5.73 Å². The minimum atomic E-state index is -1.38. The maximum atomic E-state index is 11.7. The Morgan fingerprint density at radius 1 is 1.04 bits per heavy atom. The molecule has 2 aromatic rings. The molecule has 0 aliphatic heterocycles. The van der Waals surface area contributed by atoms with Crippen molar-refractivity contribution in [2.45, 2.75) is 18.8 Å². The first-order valence-electron chi connectivity index (χ1n) is 7.68. The Balaban J connectivity index is 1.86. The molecular weight excluding hydrogens is 324 g/mol. The molecule has 2 amide bonds. The number of nitrogens with two attached hydrogens (primary N) is 1. The second-order valence-corrected chi connectivity index (χ2v) is 5.41. The van der Waals surface area contributed by atoms with E-state index in [4.69, 9.17) is 10.5 Å². The average Bonchev–Trinajstić information content (AvgIpc) is 2.64. The lowest BCUT2D eigenvalue weighted by Crippen LogP contribution is -2.36. The number of aliphatic hydroxyl groups excluding tert-OH is 2. The largest absolute Gasteiger partial charge is 0.445 e. The van der Waals surface area contributed by atoms with Gasteiger partial charge in [-0.05, 0) is 17.2 Å². The molecule has 0 saturated carbocycles. The Morgan fingerprint density at radius 2 is 1.68 bits per heavy atom. The van der Waals surface area contributed by atoms with Gasteiger partial charge in [-0.25, -0.2) is 4.79 Å². The highest BCUT2D eigenvalue weighted by Gasteiger charge is 2.23. The Morgan fingerprint density at radius 3 is 2.36 bits per heavy atom. The maximum Gasteiger partial charge on any atom is 0.407 e. The molecule has 132 valence electrons. The smallest absolute Gasteiger partial charge is 0.407 e. The predicted octanol–water partition coefficient (Wildman–Crippen LogP) is 1.11. The van der Waals surface area contributed by atoms with Gasteiger partial charge in [0.15, 0.2) is 0 Å². The number of carbonyl (C=O) groups is 2. The highest BCUT2D eigenvalue weighted by Crippen LogP contribution is 2.20. The van der Waals surface area contributed by atoms with E-state index in [0.717, 1.165) is 5.56 Å². The molecule has 5 N–H and O–H groups in total. The van der Waals surface area contributed by atoms with Crippen LogP contribution in [0.4, 0.5) is 4.79 Å². The number of hydrogen-bond donors (Lipinski definition) is 4. The van der Waals surface area contributed by atoms with E-state index in [1.54, 1.807) is 12.1 Å². The van der Waals surface area contributed by atoms with E-state index < -0.39 is 24.2 Å². The van der Waals surface area contributed by atoms with Gasteiger partial charge in [-0.1, -0.05) is 48.5 Å². The molecule has 0 radical (unpaired) electrons. The number of ether oxygens (including phenoxy) is 1. The molecule has 2 aromatic carbocycles. The quantitative estimate of drug-likeness (QED) is 0.599. The van der Waals surface area contributed by atoms with Crippen LogP contribution in [-0.4, -0.2) is 34.9 Å². The first-order chi connectivity index (χ1) is 12.0. The van der Waals surface area contributed by atoms with Gasteiger partial charge >= 0.3 is 6.09 Å². The van der Waals surface area contributed by atoms with Crippen molar-refractivity contribution in [3.05, 3.63) is 71.3 Å². The highest BCUT2D eigenvalue weighted by molar-refractivity contribution is 5.94. The SMILES string of the molecule is NC(=O)c1ccccc1C(O)C(O)CNC(=O)OCc1ccccc1. The Bertz CT molecular complexity index is 720. The molecule has 2 rings (SSSR count). The van der Waals surface area contributed by atoms with Gasteiger partial charge in [-0.15, -0.1) is 0 Å². The topological polar surface area (TPSA) is 122 Å². The summed E-state index contributed by atoms with van der Waals surface area (Å²) in [6.45, 7) is -0.155. The summed E-state index contributed by atoms with van der Waals surface area (Å²) < 4.78 is 5.01. The third-order valence-corrected chi connectivity index (χ3v) is 3.58. The number of alkyl carbamates (subject to hydrolysis) is 1. The number of primary amides is 1. The van der Waals surface area contributed by atoms with E-state index in [1.807, 2.05) is 30.3 Å². The van der Waals surface area contributed by atoms with Crippen LogP contribution in [0.25, 0.3) is 0 Å². The number of hydrogen-bond acceptors (Lipinski definition) is 5. The summed E-state index contributed by atoms with van der Waals surface area (Å²) in [7, 11) is 0. The minimum absolute atomic E-state index is 0.0931. The van der Waals surface area contributed by atoms with Crippen LogP contribution < -0.4 is 11.1 Å². The van der Waals surface area contributed by atoms with Crippen LogP contribution in [0.1, 0.15) is 27.6 Å². The van der Waals surface area contributed by atoms with Gasteiger partial charge in [0.25, 0.3) is 0 Å². The van der Waals surface area contributed by atoms with Gasteiger partial charge in [0.2, 0.25) is 5.91 Å². The summed E-state index contributed by atoms with van der Waals surface area (Å²) in [5.41, 5.74) is 6.38. The third-order valence-electron chi connectivity index (χ3n) is 3.58. The molecule has 2 atom stereocenters. The van der Waals surface area contributed by atoms with Gasteiger partial charge < -0.3 is 26.0 Å². The van der Waals surface area contributed by atoms with Gasteiger partial charge in [0.05, 0.1) is 0 Å². The van der Waals surface area contributed by atoms with Crippen molar-refractivity contribution < 1.29 is 24.5 Å². The highest BCUT2D eigenvalue weighted by atomic mass is 16.5. The normalized spacial score (nSPS) is 12.9. The first kappa shape index (κ1) is 18.4. The summed E-state index contributed by atoms with van der Waals surface area (Å²) in [6.07, 6.45) is -3.43. The van der Waals surface area contributed by atoms with Gasteiger partial charge in [0, 0.05) is 12.1 Å². The van der Waals surface area contributed by atoms with Crippen molar-refractivity contribution in [1.82, 2.24) is 5.32 Å². The van der Waals surface area contributed by atoms with Crippen molar-refractivity contribution in [3.8, 4) is 0 Å². The zero-order valence-corrected chi connectivity index (χ0v) is 13.5. The monoisotopic (exact) mass is 344 g/mol. The number of carbonyl (C=O) groups excluding carboxylic acids is 2. The van der Waals surface area contributed by atoms with E-state index in [2.05, 4.69) is 5.32 Å². The van der Waals surface area contributed by atoms with E-state index in [0.29, 0.717) is 0 Å². The number of nitrogens with one attached hydrogen (secondary N) is 1. The first-order valence-corrected chi connectivity index (χ1v) is 7.68. The van der Waals surface area contributed by atoms with Crippen LogP contribution in [0.5, 0.6) is 0 Å². The standard InChI is InChI=1S/C18H20N2O5/c19-17(23)14-9-5-4-8-13(14)16(22)15(21)10-20-18(24)25-11-12-6-2-1-3-7-12/h1-9,15-16,21-22H,10-11H2,(H2,19,23)(H,20,24). The van der Waals surface area contributed by atoms with Crippen LogP contribution in [0, 0.1) is 0 Å². The van der Waals surface area contributed by atoms with E-state index in [1.165, 1.54) is 12.1 Å². The van der Waals surface area contributed by atoms with E-state index in [-0.39, 0.29) is 24.3 Å². The average molecular weight is 344 g/mol. The van der Waals surface area contributed by atoms with Crippen molar-refractivity contribution >= 4 is 12.0 Å². The molecule has 0 fully saturated rings. The Labute approximate surface area is 145 Å². The van der Waals surface area contributed by atoms with Crippen molar-refractivity contribution in [2.75, 3.05) is 6.54 Å². The molecule has 2 unspecified atom stereocenters. The Hall–Kier alpha value is -2.90. The number of rotatable bonds is 7. The molecule has 0 aliphatic carbocycles. The second kappa shape index (κ2) is 8.81. The fraction of sp³-hybridized carbons (Fsp3) is 0.222. The van der Waals surface area contributed by atoms with Crippen LogP contribution in [0.2, 0.25) is 0 Å². The molecule has 0 aliphatic rings. The summed E-state index contributed by atoms with van der Waals surface area (Å²) in [5, 5.41) is 22.6. The molecule has 0 heterocycles. The molecule has 25 heavy (non-hydrogen) atoms. The molecule has 0 aromatic heterocycles. The maximum absolute atomic E-state index is 11.7. The van der Waals surface area contributed by atoms with Crippen LogP contribution >= 0.6 is 0 Å². The lowest BCUT2D eigenvalue weighted by molar-refractivity contribution is 0.0179. The second-order valence-electron chi connectivity index (χ2n) is 5.41. The van der Waals surface area contributed by atoms with Crippen molar-refractivity contribution in [1.29, 1.82) is 0 Å². The summed E-state index contributed by atoms with van der Waals surface area (Å²) in [6, 6.07) is 15.3. The van der Waals surface area contributed by atoms with Crippen LogP contribution in [0.3, 0.4) is 0 Å². The van der Waals surface area contributed by atoms with Crippen LogP contribution in [0.15, 0.2) is 54.6 Å². The molecule has 7 heteroatoms. The molecule has 7 nitrogen and oxygen atoms in total. The van der Waals surface area contributed by atoms with Gasteiger partial charge in [-0.2, -0.15) is 0 Å². The summed E-state index contributed by atoms with van der Waals surface area (Å²) in [5.74, 6) is -0.711. The number of aliphatic hydroxyl groups is 2. The number of benzene rings is 2. The zero-order valence-electron chi connectivity index (χ0n) is 13.5. The molecule has 0 spiro atoms. The summed E-state index contributed by atoms with van der Waals surface area (Å²) in [4.78, 5) is 23.0. The lowest BCUT2D eigenvalue weighted by atomic mass is 9.98. The molecule has 0 bridgehead atoms. The van der Waals surface area contributed by atoms with E-state index >= 15 is 0 Å². The fourth-order valence-electron chi connectivity index (χ4n) is 2.26. The van der Waals surface area contributed by atoms with Gasteiger partial charge in [-0.3, -0.25) is 4.79 Å². The third kappa shape index (κ3) is 5.30. The summed E-state index contributed by atoms with van der Waals surface area (Å²) >= 11 is 0. The fourth-order valence-corrected chi connectivity index (χ4v) is 2.26. The minimum Gasteiger partial charge on any atom is -0.445 e. The number of amides is 2. The van der Waals surface area contributed by atoms with Crippen molar-refractivity contribution in [3.63, 3.8) is 0 Å². The predicted molar refractivity (Wildman–Crippen MR) is 90.6 cm³/mol. The van der Waals surface area contributed by atoms with Crippen LogP contribution in [-0.2, 0) is 11.3 Å². The zero-order chi connectivity index (χ0) is 18.2. The molecular formula is C18H20N2O5.